The van der Waals surface area contributed by atoms with Crippen molar-refractivity contribution in [3.8, 4) is 0 Å². The predicted molar refractivity (Wildman–Crippen MR) is 81.6 cm³/mol. The van der Waals surface area contributed by atoms with E-state index in [1.54, 1.807) is 24.5 Å². The van der Waals surface area contributed by atoms with Gasteiger partial charge in [-0.1, -0.05) is 6.07 Å². The van der Waals surface area contributed by atoms with Gasteiger partial charge in [0.15, 0.2) is 0 Å². The molecule has 0 aliphatic carbocycles. The average Bonchev–Trinajstić information content (AvgIpc) is 2.84. The number of aromatic nitrogens is 1. The van der Waals surface area contributed by atoms with Gasteiger partial charge in [-0.15, -0.1) is 11.3 Å². The first-order valence-electron chi connectivity index (χ1n) is 6.30. The van der Waals surface area contributed by atoms with Crippen LogP contribution in [-0.4, -0.2) is 10.9 Å². The molecule has 0 saturated heterocycles. The van der Waals surface area contributed by atoms with Gasteiger partial charge in [-0.2, -0.15) is 0 Å². The smallest absolute Gasteiger partial charge is 0.263 e. The van der Waals surface area contributed by atoms with Gasteiger partial charge in [-0.25, -0.2) is 4.39 Å². The number of carbonyl (C=O) groups is 1. The number of hydrogen-bond donors (Lipinski definition) is 2. The van der Waals surface area contributed by atoms with E-state index in [2.05, 4.69) is 10.3 Å². The van der Waals surface area contributed by atoms with Crippen LogP contribution < -0.4 is 11.1 Å². The summed E-state index contributed by atoms with van der Waals surface area (Å²) in [4.78, 5) is 16.4. The first kappa shape index (κ1) is 13.5. The minimum absolute atomic E-state index is 0.195. The first-order valence-corrected chi connectivity index (χ1v) is 7.12. The second-order valence-electron chi connectivity index (χ2n) is 4.50. The van der Waals surface area contributed by atoms with Crippen molar-refractivity contribution in [2.75, 3.05) is 5.73 Å². The summed E-state index contributed by atoms with van der Waals surface area (Å²) in [7, 11) is 0. The largest absolute Gasteiger partial charge is 0.397 e. The number of nitrogens with two attached hydrogens (primary N) is 1. The third-order valence-electron chi connectivity index (χ3n) is 3.11. The minimum atomic E-state index is -0.408. The van der Waals surface area contributed by atoms with Crippen molar-refractivity contribution < 1.29 is 9.18 Å². The fourth-order valence-electron chi connectivity index (χ4n) is 2.06. The van der Waals surface area contributed by atoms with E-state index in [0.717, 1.165) is 5.56 Å². The van der Waals surface area contributed by atoms with Gasteiger partial charge in [0.25, 0.3) is 5.91 Å². The summed E-state index contributed by atoms with van der Waals surface area (Å²) in [5.41, 5.74) is 7.04. The third-order valence-corrected chi connectivity index (χ3v) is 4.28. The molecule has 3 aromatic rings. The normalized spacial score (nSPS) is 10.7. The molecule has 0 fully saturated rings. The number of rotatable bonds is 3. The lowest BCUT2D eigenvalue weighted by Crippen LogP contribution is -2.22. The zero-order chi connectivity index (χ0) is 14.8. The first-order chi connectivity index (χ1) is 10.2. The highest BCUT2D eigenvalue weighted by atomic mass is 32.1. The topological polar surface area (TPSA) is 68.0 Å². The number of nitrogen functional groups attached to an aromatic ring is 1. The maximum atomic E-state index is 13.8. The van der Waals surface area contributed by atoms with Crippen molar-refractivity contribution in [3.05, 3.63) is 59.0 Å². The van der Waals surface area contributed by atoms with E-state index < -0.39 is 5.82 Å². The van der Waals surface area contributed by atoms with Crippen LogP contribution in [0.15, 0.2) is 42.7 Å². The molecule has 0 unspecified atom stereocenters. The minimum Gasteiger partial charge on any atom is -0.397 e. The maximum absolute atomic E-state index is 13.8. The van der Waals surface area contributed by atoms with Crippen LogP contribution >= 0.6 is 11.3 Å². The Hall–Kier alpha value is -2.47. The molecule has 0 aliphatic heterocycles. The average molecular weight is 301 g/mol. The molecule has 0 aliphatic rings. The fraction of sp³-hybridized carbons (Fsp3) is 0.0667. The van der Waals surface area contributed by atoms with Crippen molar-refractivity contribution >= 4 is 33.0 Å². The van der Waals surface area contributed by atoms with Gasteiger partial charge in [0.05, 0.1) is 11.1 Å². The molecule has 0 atom stereocenters. The van der Waals surface area contributed by atoms with Crippen molar-refractivity contribution in [2.45, 2.75) is 6.54 Å². The SMILES string of the molecule is Nc1c(C(=O)NCc2ccncc2)sc2cccc(F)c12. The van der Waals surface area contributed by atoms with E-state index in [0.29, 0.717) is 21.5 Å². The maximum Gasteiger partial charge on any atom is 0.263 e. The molecular weight excluding hydrogens is 289 g/mol. The Labute approximate surface area is 124 Å². The monoisotopic (exact) mass is 301 g/mol. The summed E-state index contributed by atoms with van der Waals surface area (Å²) >= 11 is 1.19. The predicted octanol–water partition coefficient (Wildman–Crippen LogP) is 2.95. The zero-order valence-corrected chi connectivity index (χ0v) is 11.8. The third kappa shape index (κ3) is 2.57. The second kappa shape index (κ2) is 5.49. The Balaban J connectivity index is 1.85. The quantitative estimate of drug-likeness (QED) is 0.781. The van der Waals surface area contributed by atoms with Gasteiger partial charge in [0, 0.05) is 23.6 Å². The molecule has 6 heteroatoms. The number of fused-ring (bicyclic) bond motifs is 1. The van der Waals surface area contributed by atoms with Gasteiger partial charge < -0.3 is 11.1 Å². The molecule has 3 rings (SSSR count). The molecule has 1 amide bonds. The molecule has 21 heavy (non-hydrogen) atoms. The fourth-order valence-corrected chi connectivity index (χ4v) is 3.11. The molecule has 0 saturated carbocycles. The highest BCUT2D eigenvalue weighted by Gasteiger charge is 2.18. The van der Waals surface area contributed by atoms with Crippen LogP contribution in [0.5, 0.6) is 0 Å². The molecule has 3 N–H and O–H groups in total. The summed E-state index contributed by atoms with van der Waals surface area (Å²) in [6.07, 6.45) is 3.31. The van der Waals surface area contributed by atoms with Crippen molar-refractivity contribution in [1.29, 1.82) is 0 Å². The number of hydrogen-bond acceptors (Lipinski definition) is 4. The molecule has 2 heterocycles. The standard InChI is InChI=1S/C15H12FN3OS/c16-10-2-1-3-11-12(10)13(17)14(21-11)15(20)19-8-9-4-6-18-7-5-9/h1-7H,8,17H2,(H,19,20). The van der Waals surface area contributed by atoms with E-state index in [4.69, 9.17) is 5.73 Å². The Bertz CT molecular complexity index is 801. The number of nitrogens with zero attached hydrogens (tertiary/aromatic N) is 1. The van der Waals surface area contributed by atoms with E-state index in [1.165, 1.54) is 17.4 Å². The van der Waals surface area contributed by atoms with E-state index >= 15 is 0 Å². The summed E-state index contributed by atoms with van der Waals surface area (Å²) in [6, 6.07) is 8.32. The highest BCUT2D eigenvalue weighted by Crippen LogP contribution is 2.35. The van der Waals surface area contributed by atoms with Crippen molar-refractivity contribution in [3.63, 3.8) is 0 Å². The molecule has 2 aromatic heterocycles. The molecule has 4 nitrogen and oxygen atoms in total. The van der Waals surface area contributed by atoms with Crippen LogP contribution in [-0.2, 0) is 6.54 Å². The Kier molecular flexibility index (Phi) is 3.53. The Morgan fingerprint density at radius 1 is 1.29 bits per heavy atom. The van der Waals surface area contributed by atoms with Crippen LogP contribution in [0.3, 0.4) is 0 Å². The summed E-state index contributed by atoms with van der Waals surface area (Å²) in [5, 5.41) is 3.09. The summed E-state index contributed by atoms with van der Waals surface area (Å²) in [5.74, 6) is -0.709. The molecule has 0 radical (unpaired) electrons. The number of pyridine rings is 1. The molecular formula is C15H12FN3OS. The van der Waals surface area contributed by atoms with Crippen LogP contribution in [0, 0.1) is 5.82 Å². The van der Waals surface area contributed by atoms with Gasteiger partial charge >= 0.3 is 0 Å². The lowest BCUT2D eigenvalue weighted by atomic mass is 10.2. The van der Waals surface area contributed by atoms with Crippen molar-refractivity contribution in [2.24, 2.45) is 0 Å². The number of thiophene rings is 1. The molecule has 1 aromatic carbocycles. The van der Waals surface area contributed by atoms with E-state index in [9.17, 15) is 9.18 Å². The van der Waals surface area contributed by atoms with Gasteiger partial charge in [-0.05, 0) is 29.8 Å². The summed E-state index contributed by atoms with van der Waals surface area (Å²) in [6.45, 7) is 0.373. The van der Waals surface area contributed by atoms with E-state index in [-0.39, 0.29) is 11.6 Å². The van der Waals surface area contributed by atoms with Crippen LogP contribution in [0.1, 0.15) is 15.2 Å². The number of carbonyl (C=O) groups excluding carboxylic acids is 1. The lowest BCUT2D eigenvalue weighted by Gasteiger charge is -2.04. The Morgan fingerprint density at radius 3 is 2.76 bits per heavy atom. The molecule has 0 bridgehead atoms. The molecule has 106 valence electrons. The van der Waals surface area contributed by atoms with Crippen LogP contribution in [0.25, 0.3) is 10.1 Å². The zero-order valence-electron chi connectivity index (χ0n) is 11.0. The van der Waals surface area contributed by atoms with Crippen LogP contribution in [0.4, 0.5) is 10.1 Å². The van der Waals surface area contributed by atoms with Crippen molar-refractivity contribution in [1.82, 2.24) is 10.3 Å². The highest BCUT2D eigenvalue weighted by molar-refractivity contribution is 7.21. The van der Waals surface area contributed by atoms with Gasteiger partial charge in [0.1, 0.15) is 10.7 Å². The molecule has 0 spiro atoms. The summed E-state index contributed by atoms with van der Waals surface area (Å²) < 4.78 is 14.4. The number of benzene rings is 1. The lowest BCUT2D eigenvalue weighted by molar-refractivity contribution is 0.0956. The number of nitrogens with one attached hydrogen (secondary N) is 1. The van der Waals surface area contributed by atoms with E-state index in [1.807, 2.05) is 12.1 Å². The van der Waals surface area contributed by atoms with Gasteiger partial charge in [0.2, 0.25) is 0 Å². The second-order valence-corrected chi connectivity index (χ2v) is 5.55. The number of amides is 1. The Morgan fingerprint density at radius 2 is 2.05 bits per heavy atom. The van der Waals surface area contributed by atoms with Gasteiger partial charge in [-0.3, -0.25) is 9.78 Å². The number of anilines is 1. The number of halogens is 1. The van der Waals surface area contributed by atoms with Crippen LogP contribution in [0.2, 0.25) is 0 Å².